The van der Waals surface area contributed by atoms with Crippen LogP contribution in [-0.4, -0.2) is 0 Å². The second kappa shape index (κ2) is 4.53. The molecule has 0 amide bonds. The highest BCUT2D eigenvalue weighted by molar-refractivity contribution is 5.49. The van der Waals surface area contributed by atoms with Crippen LogP contribution in [0.15, 0.2) is 48.5 Å². The molecule has 2 aromatic carbocycles. The first-order valence-electron chi connectivity index (χ1n) is 6.75. The minimum Gasteiger partial charge on any atom is -0.0384 e. The zero-order valence-electron chi connectivity index (χ0n) is 11.1. The lowest BCUT2D eigenvalue weighted by Gasteiger charge is -2.11. The van der Waals surface area contributed by atoms with E-state index in [-0.39, 0.29) is 0 Å². The Balaban J connectivity index is 1.97. The van der Waals surface area contributed by atoms with Crippen molar-refractivity contribution in [3.8, 4) is 0 Å². The first-order valence-corrected chi connectivity index (χ1v) is 6.75. The maximum Gasteiger partial charge on any atom is 0.0759 e. The summed E-state index contributed by atoms with van der Waals surface area (Å²) in [5.41, 5.74) is 5.45. The van der Waals surface area contributed by atoms with Crippen LogP contribution in [0.1, 0.15) is 35.1 Å². The molecule has 0 radical (unpaired) electrons. The predicted octanol–water partition coefficient (Wildman–Crippen LogP) is 4.68. The van der Waals surface area contributed by atoms with Crippen molar-refractivity contribution in [3.63, 3.8) is 0 Å². The number of hydrogen-bond acceptors (Lipinski definition) is 0. The van der Waals surface area contributed by atoms with Gasteiger partial charge in [-0.05, 0) is 62.1 Å². The summed E-state index contributed by atoms with van der Waals surface area (Å²) in [5, 5.41) is 0. The van der Waals surface area contributed by atoms with E-state index in [9.17, 15) is 0 Å². The van der Waals surface area contributed by atoms with Gasteiger partial charge in [-0.15, -0.1) is 0 Å². The highest BCUT2D eigenvalue weighted by Gasteiger charge is 2.37. The number of benzene rings is 2. The summed E-state index contributed by atoms with van der Waals surface area (Å²) in [6, 6.07) is 17.9. The lowest BCUT2D eigenvalue weighted by Crippen LogP contribution is -2.04. The van der Waals surface area contributed by atoms with E-state index in [4.69, 9.17) is 0 Å². The normalized spacial score (nSPS) is 14.6. The summed E-state index contributed by atoms with van der Waals surface area (Å²) in [5.74, 6) is 2.31. The van der Waals surface area contributed by atoms with Gasteiger partial charge in [-0.3, -0.25) is 0 Å². The van der Waals surface area contributed by atoms with Crippen LogP contribution in [-0.2, 0) is 0 Å². The van der Waals surface area contributed by atoms with Gasteiger partial charge in [0.2, 0.25) is 0 Å². The quantitative estimate of drug-likeness (QED) is 0.677. The highest BCUT2D eigenvalue weighted by Crippen LogP contribution is 2.45. The van der Waals surface area contributed by atoms with Crippen molar-refractivity contribution in [1.82, 2.24) is 0 Å². The van der Waals surface area contributed by atoms with Crippen LogP contribution in [0.3, 0.4) is 0 Å². The van der Waals surface area contributed by atoms with Crippen molar-refractivity contribution in [3.05, 3.63) is 76.7 Å². The monoisotopic (exact) mass is 235 g/mol. The first-order chi connectivity index (χ1) is 8.74. The van der Waals surface area contributed by atoms with Crippen molar-refractivity contribution in [2.24, 2.45) is 5.92 Å². The van der Waals surface area contributed by atoms with E-state index in [1.807, 2.05) is 0 Å². The first kappa shape index (κ1) is 11.4. The Morgan fingerprint density at radius 3 is 1.44 bits per heavy atom. The molecule has 1 aliphatic carbocycles. The lowest BCUT2D eigenvalue weighted by atomic mass is 9.86. The van der Waals surface area contributed by atoms with Gasteiger partial charge in [0.1, 0.15) is 0 Å². The fraction of sp³-hybridized carbons (Fsp3) is 0.278. The lowest BCUT2D eigenvalue weighted by molar-refractivity contribution is 0.906. The third-order valence-corrected chi connectivity index (χ3v) is 3.71. The highest BCUT2D eigenvalue weighted by atomic mass is 14.4. The van der Waals surface area contributed by atoms with Crippen LogP contribution in [0.25, 0.3) is 0 Å². The van der Waals surface area contributed by atoms with Gasteiger partial charge in [-0.1, -0.05) is 0 Å². The summed E-state index contributed by atoms with van der Waals surface area (Å²) in [6.07, 6.45) is 2.69. The van der Waals surface area contributed by atoms with E-state index in [1.165, 1.54) is 41.0 Å². The molecule has 3 rings (SSSR count). The van der Waals surface area contributed by atoms with E-state index >= 15 is 0 Å². The third kappa shape index (κ3) is 2.28. The minimum absolute atomic E-state index is 0.774. The van der Waals surface area contributed by atoms with E-state index in [1.54, 1.807) is 0 Å². The molecule has 0 bridgehead atoms. The molecule has 2 aromatic rings. The molecule has 0 saturated heterocycles. The van der Waals surface area contributed by atoms with Crippen molar-refractivity contribution >= 4 is 0 Å². The van der Waals surface area contributed by atoms with Crippen molar-refractivity contribution in [1.29, 1.82) is 0 Å². The predicted molar refractivity (Wildman–Crippen MR) is 76.5 cm³/mol. The Hall–Kier alpha value is -1.69. The van der Waals surface area contributed by atoms with Gasteiger partial charge in [0.15, 0.2) is 0 Å². The molecule has 0 aliphatic heterocycles. The van der Waals surface area contributed by atoms with Crippen LogP contribution in [0.4, 0.5) is 0 Å². The molecule has 18 heavy (non-hydrogen) atoms. The Kier molecular flexibility index (Phi) is 2.87. The average molecular weight is 235 g/mol. The zero-order chi connectivity index (χ0) is 12.5. The molecule has 0 heterocycles. The van der Waals surface area contributed by atoms with Gasteiger partial charge in [0.25, 0.3) is 0 Å². The zero-order valence-corrected chi connectivity index (χ0v) is 11.1. The Morgan fingerprint density at radius 1 is 0.722 bits per heavy atom. The smallest absolute Gasteiger partial charge is 0.0384 e. The summed E-state index contributed by atoms with van der Waals surface area (Å²) in [4.78, 5) is 0. The molecule has 0 aromatic heterocycles. The molecule has 0 unspecified atom stereocenters. The third-order valence-electron chi connectivity index (χ3n) is 3.71. The van der Waals surface area contributed by atoms with Gasteiger partial charge in [0.05, 0.1) is 11.1 Å². The number of hydrogen-bond donors (Lipinski definition) is 0. The summed E-state index contributed by atoms with van der Waals surface area (Å²) in [6.45, 7) is 4.29. The molecular formula is C18H19+. The van der Waals surface area contributed by atoms with E-state index in [0.717, 1.165) is 5.92 Å². The average Bonchev–Trinajstić information content (AvgIpc) is 3.19. The minimum atomic E-state index is 0.774. The number of rotatable bonds is 3. The largest absolute Gasteiger partial charge is 0.0759 e. The Bertz CT molecular complexity index is 469. The van der Waals surface area contributed by atoms with Crippen LogP contribution in [0, 0.1) is 25.7 Å². The van der Waals surface area contributed by atoms with Gasteiger partial charge >= 0.3 is 0 Å². The standard InChI is InChI=1S/C18H19/c1-13-3-7-15(8-4-13)18(17-11-12-17)16-9-5-14(2)6-10-16/h3-10,17H,11-12H2,1-2H3/q+1. The molecule has 0 spiro atoms. The molecule has 0 nitrogen and oxygen atoms in total. The van der Waals surface area contributed by atoms with Gasteiger partial charge in [-0.25, -0.2) is 0 Å². The number of aryl methyl sites for hydroxylation is 2. The van der Waals surface area contributed by atoms with E-state index < -0.39 is 0 Å². The van der Waals surface area contributed by atoms with Gasteiger partial charge in [-0.2, -0.15) is 0 Å². The second-order valence-electron chi connectivity index (χ2n) is 5.42. The molecular weight excluding hydrogens is 216 g/mol. The van der Waals surface area contributed by atoms with E-state index in [2.05, 4.69) is 62.4 Å². The Labute approximate surface area is 110 Å². The topological polar surface area (TPSA) is 0 Å². The van der Waals surface area contributed by atoms with Crippen molar-refractivity contribution in [2.45, 2.75) is 26.7 Å². The maximum absolute atomic E-state index is 2.27. The SMILES string of the molecule is Cc1ccc([C+](c2ccc(C)cc2)C2CC2)cc1. The fourth-order valence-corrected chi connectivity index (χ4v) is 2.48. The van der Waals surface area contributed by atoms with Crippen LogP contribution in [0.2, 0.25) is 0 Å². The molecule has 90 valence electrons. The van der Waals surface area contributed by atoms with Gasteiger partial charge < -0.3 is 0 Å². The molecule has 0 heteroatoms. The summed E-state index contributed by atoms with van der Waals surface area (Å²) >= 11 is 0. The molecule has 1 fully saturated rings. The molecule has 0 atom stereocenters. The molecule has 0 N–H and O–H groups in total. The van der Waals surface area contributed by atoms with Crippen molar-refractivity contribution in [2.75, 3.05) is 0 Å². The molecule has 1 saturated carbocycles. The summed E-state index contributed by atoms with van der Waals surface area (Å²) in [7, 11) is 0. The van der Waals surface area contributed by atoms with Crippen LogP contribution >= 0.6 is 0 Å². The fourth-order valence-electron chi connectivity index (χ4n) is 2.48. The van der Waals surface area contributed by atoms with Gasteiger partial charge in [0, 0.05) is 36.1 Å². The molecule has 1 aliphatic rings. The summed E-state index contributed by atoms with van der Waals surface area (Å²) < 4.78 is 0. The maximum atomic E-state index is 2.27. The Morgan fingerprint density at radius 2 is 1.11 bits per heavy atom. The second-order valence-corrected chi connectivity index (χ2v) is 5.42. The van der Waals surface area contributed by atoms with E-state index in [0.29, 0.717) is 0 Å². The van der Waals surface area contributed by atoms with Crippen molar-refractivity contribution < 1.29 is 0 Å². The van der Waals surface area contributed by atoms with Crippen LogP contribution < -0.4 is 0 Å². The van der Waals surface area contributed by atoms with Crippen LogP contribution in [0.5, 0.6) is 0 Å².